The molecule has 2 heterocycles. The Bertz CT molecular complexity index is 916. The van der Waals surface area contributed by atoms with E-state index in [-0.39, 0.29) is 17.7 Å². The third-order valence-corrected chi connectivity index (χ3v) is 5.42. The predicted molar refractivity (Wildman–Crippen MR) is 106 cm³/mol. The fourth-order valence-electron chi connectivity index (χ4n) is 3.48. The molecule has 1 atom stereocenters. The topological polar surface area (TPSA) is 58.6 Å². The zero-order valence-electron chi connectivity index (χ0n) is 14.5. The molecule has 0 aliphatic carbocycles. The Balaban J connectivity index is 1.45. The smallest absolute Gasteiger partial charge is 0.231 e. The monoisotopic (exact) mass is 404 g/mol. The van der Waals surface area contributed by atoms with Crippen molar-refractivity contribution < 1.29 is 14.3 Å². The lowest BCUT2D eigenvalue weighted by Crippen LogP contribution is -2.32. The average Bonchev–Trinajstić information content (AvgIpc) is 3.07. The van der Waals surface area contributed by atoms with Crippen LogP contribution in [0.25, 0.3) is 0 Å². The molecule has 0 spiro atoms. The summed E-state index contributed by atoms with van der Waals surface area (Å²) in [5.41, 5.74) is 2.20. The molecule has 0 bridgehead atoms. The van der Waals surface area contributed by atoms with Crippen LogP contribution in [0.3, 0.4) is 0 Å². The summed E-state index contributed by atoms with van der Waals surface area (Å²) >= 11 is 12.4. The highest BCUT2D eigenvalue weighted by atomic mass is 35.5. The van der Waals surface area contributed by atoms with E-state index in [2.05, 4.69) is 5.32 Å². The molecule has 2 aromatic rings. The fraction of sp³-hybridized carbons (Fsp3) is 0.300. The van der Waals surface area contributed by atoms with Crippen molar-refractivity contribution in [3.8, 4) is 5.75 Å². The maximum absolute atomic E-state index is 12.6. The van der Waals surface area contributed by atoms with Crippen LogP contribution in [-0.4, -0.2) is 25.0 Å². The molecule has 2 amide bonds. The van der Waals surface area contributed by atoms with Crippen molar-refractivity contribution in [3.05, 3.63) is 52.0 Å². The van der Waals surface area contributed by atoms with Gasteiger partial charge in [0.05, 0.1) is 16.6 Å². The first-order valence-electron chi connectivity index (χ1n) is 8.83. The maximum atomic E-state index is 12.6. The normalized spacial score (nSPS) is 18.8. The highest BCUT2D eigenvalue weighted by Gasteiger charge is 2.27. The van der Waals surface area contributed by atoms with Crippen molar-refractivity contribution in [2.45, 2.75) is 19.3 Å². The van der Waals surface area contributed by atoms with Crippen LogP contribution >= 0.6 is 23.2 Å². The van der Waals surface area contributed by atoms with Crippen LogP contribution in [0.4, 0.5) is 11.4 Å². The second-order valence-corrected chi connectivity index (χ2v) is 7.61. The van der Waals surface area contributed by atoms with Gasteiger partial charge in [0.1, 0.15) is 12.4 Å². The molecule has 1 N–H and O–H groups in total. The van der Waals surface area contributed by atoms with Crippen LogP contribution in [0, 0.1) is 5.92 Å². The lowest BCUT2D eigenvalue weighted by molar-refractivity contribution is -0.121. The molecule has 0 aromatic heterocycles. The number of hydrogen-bond donors (Lipinski definition) is 1. The maximum Gasteiger partial charge on any atom is 0.231 e. The second kappa shape index (κ2) is 7.41. The number of anilines is 2. The van der Waals surface area contributed by atoms with E-state index in [0.717, 1.165) is 17.7 Å². The number of rotatable bonds is 3. The van der Waals surface area contributed by atoms with E-state index in [9.17, 15) is 9.59 Å². The van der Waals surface area contributed by atoms with Crippen LogP contribution < -0.4 is 15.0 Å². The Kier molecular flexibility index (Phi) is 4.98. The number of nitrogens with zero attached hydrogens (tertiary/aromatic N) is 1. The largest absolute Gasteiger partial charge is 0.492 e. The van der Waals surface area contributed by atoms with Gasteiger partial charge in [0.2, 0.25) is 11.8 Å². The summed E-state index contributed by atoms with van der Waals surface area (Å²) in [6.07, 6.45) is 1.94. The predicted octanol–water partition coefficient (Wildman–Crippen LogP) is 4.31. The number of benzene rings is 2. The standard InChI is InChI=1S/C20H18Cl2N2O3/c21-14-3-6-18-12(9-14)8-13(11-27-18)20(26)23-15-4-5-17(16(22)10-15)24-7-1-2-19(24)25/h3-6,9-10,13H,1-2,7-8,11H2,(H,23,26). The molecular weight excluding hydrogens is 387 g/mol. The lowest BCUT2D eigenvalue weighted by Gasteiger charge is -2.25. The molecule has 5 nitrogen and oxygen atoms in total. The number of amides is 2. The van der Waals surface area contributed by atoms with Gasteiger partial charge in [-0.25, -0.2) is 0 Å². The first-order valence-corrected chi connectivity index (χ1v) is 9.59. The van der Waals surface area contributed by atoms with Gasteiger partial charge < -0.3 is 15.0 Å². The highest BCUT2D eigenvalue weighted by Crippen LogP contribution is 2.33. The van der Waals surface area contributed by atoms with E-state index in [4.69, 9.17) is 27.9 Å². The van der Waals surface area contributed by atoms with E-state index in [1.165, 1.54) is 0 Å². The Hall–Kier alpha value is -2.24. The molecule has 4 rings (SSSR count). The zero-order chi connectivity index (χ0) is 19.0. The second-order valence-electron chi connectivity index (χ2n) is 6.77. The van der Waals surface area contributed by atoms with E-state index in [1.807, 2.05) is 12.1 Å². The van der Waals surface area contributed by atoms with Crippen molar-refractivity contribution in [1.29, 1.82) is 0 Å². The third kappa shape index (κ3) is 3.75. The minimum absolute atomic E-state index is 0.0744. The molecular formula is C20H18Cl2N2O3. The molecule has 2 aliphatic heterocycles. The fourth-order valence-corrected chi connectivity index (χ4v) is 3.96. The molecule has 1 unspecified atom stereocenters. The summed E-state index contributed by atoms with van der Waals surface area (Å²) in [6.45, 7) is 0.986. The lowest BCUT2D eigenvalue weighted by atomic mass is 9.96. The number of halogens is 2. The first-order chi connectivity index (χ1) is 13.0. The summed E-state index contributed by atoms with van der Waals surface area (Å²) < 4.78 is 5.68. The van der Waals surface area contributed by atoms with Crippen molar-refractivity contribution >= 4 is 46.4 Å². The SMILES string of the molecule is O=C(Nc1ccc(N2CCCC2=O)c(Cl)c1)C1COc2ccc(Cl)cc2C1. The van der Waals surface area contributed by atoms with Crippen LogP contribution in [-0.2, 0) is 16.0 Å². The van der Waals surface area contributed by atoms with Gasteiger partial charge in [-0.1, -0.05) is 23.2 Å². The minimum atomic E-state index is -0.311. The van der Waals surface area contributed by atoms with Crippen molar-refractivity contribution in [2.75, 3.05) is 23.4 Å². The van der Waals surface area contributed by atoms with E-state index >= 15 is 0 Å². The molecule has 0 saturated carbocycles. The summed E-state index contributed by atoms with van der Waals surface area (Å²) in [7, 11) is 0. The summed E-state index contributed by atoms with van der Waals surface area (Å²) in [4.78, 5) is 26.2. The summed E-state index contributed by atoms with van der Waals surface area (Å²) in [5, 5.41) is 3.95. The van der Waals surface area contributed by atoms with Crippen molar-refractivity contribution in [3.63, 3.8) is 0 Å². The molecule has 1 fully saturated rings. The third-order valence-electron chi connectivity index (χ3n) is 4.88. The number of carbonyl (C=O) groups is 2. The van der Waals surface area contributed by atoms with E-state index in [0.29, 0.717) is 47.4 Å². The highest BCUT2D eigenvalue weighted by molar-refractivity contribution is 6.34. The number of hydrogen-bond acceptors (Lipinski definition) is 3. The van der Waals surface area contributed by atoms with Crippen LogP contribution in [0.15, 0.2) is 36.4 Å². The van der Waals surface area contributed by atoms with Crippen LogP contribution in [0.1, 0.15) is 18.4 Å². The summed E-state index contributed by atoms with van der Waals surface area (Å²) in [5.74, 6) is 0.396. The molecule has 1 saturated heterocycles. The van der Waals surface area contributed by atoms with Gasteiger partial charge in [0, 0.05) is 23.7 Å². The Morgan fingerprint density at radius 3 is 2.78 bits per heavy atom. The quantitative estimate of drug-likeness (QED) is 0.828. The van der Waals surface area contributed by atoms with Gasteiger partial charge in [-0.2, -0.15) is 0 Å². The van der Waals surface area contributed by atoms with Crippen molar-refractivity contribution in [2.24, 2.45) is 5.92 Å². The van der Waals surface area contributed by atoms with Gasteiger partial charge in [0.15, 0.2) is 0 Å². The minimum Gasteiger partial charge on any atom is -0.492 e. The average molecular weight is 405 g/mol. The van der Waals surface area contributed by atoms with Gasteiger partial charge in [-0.05, 0) is 54.8 Å². The number of carbonyl (C=O) groups excluding carboxylic acids is 2. The Morgan fingerprint density at radius 1 is 1.19 bits per heavy atom. The Labute approximate surface area is 167 Å². The van der Waals surface area contributed by atoms with Crippen LogP contribution in [0.5, 0.6) is 5.75 Å². The van der Waals surface area contributed by atoms with Gasteiger partial charge >= 0.3 is 0 Å². The van der Waals surface area contributed by atoms with E-state index < -0.39 is 0 Å². The first kappa shape index (κ1) is 18.1. The van der Waals surface area contributed by atoms with Gasteiger partial charge in [-0.3, -0.25) is 9.59 Å². The summed E-state index contributed by atoms with van der Waals surface area (Å²) in [6, 6.07) is 10.6. The molecule has 27 heavy (non-hydrogen) atoms. The zero-order valence-corrected chi connectivity index (χ0v) is 16.0. The Morgan fingerprint density at radius 2 is 2.04 bits per heavy atom. The number of fused-ring (bicyclic) bond motifs is 1. The van der Waals surface area contributed by atoms with E-state index in [1.54, 1.807) is 29.2 Å². The van der Waals surface area contributed by atoms with Crippen LogP contribution in [0.2, 0.25) is 10.0 Å². The molecule has 2 aromatic carbocycles. The number of nitrogens with one attached hydrogen (secondary N) is 1. The molecule has 140 valence electrons. The number of ether oxygens (including phenoxy) is 1. The molecule has 7 heteroatoms. The van der Waals surface area contributed by atoms with Crippen molar-refractivity contribution in [1.82, 2.24) is 0 Å². The van der Waals surface area contributed by atoms with Gasteiger partial charge in [-0.15, -0.1) is 0 Å². The molecule has 0 radical (unpaired) electrons. The van der Waals surface area contributed by atoms with Gasteiger partial charge in [0.25, 0.3) is 0 Å². The molecule has 2 aliphatic rings.